The van der Waals surface area contributed by atoms with Crippen molar-refractivity contribution in [3.8, 4) is 0 Å². The molecule has 0 aliphatic carbocycles. The van der Waals surface area contributed by atoms with E-state index in [1.54, 1.807) is 13.8 Å². The molecule has 1 aliphatic heterocycles. The molecule has 0 bridgehead atoms. The molecular formula is C18H34O3. The van der Waals surface area contributed by atoms with Crippen LogP contribution in [0.25, 0.3) is 0 Å². The summed E-state index contributed by atoms with van der Waals surface area (Å²) in [4.78, 5) is 10.2. The molecule has 1 N–H and O–H groups in total. The van der Waals surface area contributed by atoms with Gasteiger partial charge in [0.05, 0.1) is 11.9 Å². The van der Waals surface area contributed by atoms with E-state index in [1.807, 2.05) is 13.2 Å². The molecule has 1 atom stereocenters. The van der Waals surface area contributed by atoms with Gasteiger partial charge in [0.25, 0.3) is 0 Å². The Morgan fingerprint density at radius 3 is 2.62 bits per heavy atom. The molecule has 1 aliphatic rings. The van der Waals surface area contributed by atoms with Gasteiger partial charge in [-0.05, 0) is 78.7 Å². The topological polar surface area (TPSA) is 46.5 Å². The first-order chi connectivity index (χ1) is 9.56. The fourth-order valence-electron chi connectivity index (χ4n) is 2.10. The highest BCUT2D eigenvalue weighted by atomic mass is 16.5. The summed E-state index contributed by atoms with van der Waals surface area (Å²) in [6.07, 6.45) is 9.07. The Kier molecular flexibility index (Phi) is 8.88. The molecule has 0 aromatic heterocycles. The Morgan fingerprint density at radius 1 is 1.48 bits per heavy atom. The van der Waals surface area contributed by atoms with E-state index in [0.717, 1.165) is 25.5 Å². The lowest BCUT2D eigenvalue weighted by atomic mass is 9.98. The third-order valence-electron chi connectivity index (χ3n) is 3.61. The highest BCUT2D eigenvalue weighted by molar-refractivity contribution is 5.52. The fourth-order valence-corrected chi connectivity index (χ4v) is 2.10. The Labute approximate surface area is 130 Å². The zero-order chi connectivity index (χ0) is 16.5. The van der Waals surface area contributed by atoms with Crippen LogP contribution < -0.4 is 0 Å². The van der Waals surface area contributed by atoms with Gasteiger partial charge in [-0.1, -0.05) is 6.92 Å². The molecule has 21 heavy (non-hydrogen) atoms. The van der Waals surface area contributed by atoms with Crippen molar-refractivity contribution >= 4 is 6.29 Å². The molecule has 0 saturated carbocycles. The molecule has 0 saturated heterocycles. The van der Waals surface area contributed by atoms with Crippen LogP contribution in [-0.4, -0.2) is 22.6 Å². The van der Waals surface area contributed by atoms with Crippen molar-refractivity contribution in [2.75, 3.05) is 0 Å². The Bertz CT molecular complexity index is 324. The number of hydrogen-bond acceptors (Lipinski definition) is 3. The zero-order valence-electron chi connectivity index (χ0n) is 14.7. The maximum atomic E-state index is 10.2. The maximum Gasteiger partial charge on any atom is 0.122 e. The highest BCUT2D eigenvalue weighted by Gasteiger charge is 2.19. The van der Waals surface area contributed by atoms with Gasteiger partial charge in [0.1, 0.15) is 11.9 Å². The fraction of sp³-hybridized carbons (Fsp3) is 0.833. The summed E-state index contributed by atoms with van der Waals surface area (Å²) in [5.41, 5.74) is 0.853. The van der Waals surface area contributed by atoms with E-state index in [0.29, 0.717) is 0 Å². The van der Waals surface area contributed by atoms with Crippen LogP contribution in [0, 0.1) is 5.92 Å². The van der Waals surface area contributed by atoms with E-state index in [2.05, 4.69) is 20.8 Å². The normalized spacial score (nSPS) is 19.3. The van der Waals surface area contributed by atoms with E-state index < -0.39 is 5.60 Å². The van der Waals surface area contributed by atoms with Crippen molar-refractivity contribution in [1.82, 2.24) is 0 Å². The summed E-state index contributed by atoms with van der Waals surface area (Å²) in [6.45, 7) is 11.9. The van der Waals surface area contributed by atoms with E-state index >= 15 is 0 Å². The summed E-state index contributed by atoms with van der Waals surface area (Å²) in [5.74, 6) is 0.136. The van der Waals surface area contributed by atoms with Crippen molar-refractivity contribution in [2.24, 2.45) is 5.92 Å². The third kappa shape index (κ3) is 12.6. The van der Waals surface area contributed by atoms with Crippen LogP contribution in [0.5, 0.6) is 0 Å². The maximum absolute atomic E-state index is 10.2. The van der Waals surface area contributed by atoms with Gasteiger partial charge in [0.15, 0.2) is 0 Å². The number of aliphatic hydroxyl groups is 1. The van der Waals surface area contributed by atoms with Crippen LogP contribution in [0.3, 0.4) is 0 Å². The van der Waals surface area contributed by atoms with Crippen molar-refractivity contribution in [3.05, 3.63) is 11.8 Å². The van der Waals surface area contributed by atoms with Crippen molar-refractivity contribution < 1.29 is 14.6 Å². The van der Waals surface area contributed by atoms with E-state index in [4.69, 9.17) is 4.74 Å². The zero-order valence-corrected chi connectivity index (χ0v) is 14.7. The molecule has 0 spiro atoms. The van der Waals surface area contributed by atoms with Gasteiger partial charge in [-0.15, -0.1) is 0 Å². The first-order valence-corrected chi connectivity index (χ1v) is 8.07. The molecule has 1 rings (SSSR count). The molecule has 1 heterocycles. The minimum atomic E-state index is -0.581. The second kappa shape index (κ2) is 9.24. The van der Waals surface area contributed by atoms with Crippen LogP contribution in [0.4, 0.5) is 0 Å². The minimum Gasteiger partial charge on any atom is -0.496 e. The van der Waals surface area contributed by atoms with Crippen molar-refractivity contribution in [1.29, 1.82) is 0 Å². The van der Waals surface area contributed by atoms with Gasteiger partial charge in [0.2, 0.25) is 0 Å². The standard InChI is InChI=1S/C9H18O2.C9H16O/c1-8(7-10)5-4-6-9(2,3)11;1-8-5-4-6-9(2,3)10-7-8/h7-8,11H,4-6H2,1-3H3;7H,4-6H2,1-3H3. The van der Waals surface area contributed by atoms with Gasteiger partial charge in [0, 0.05) is 5.92 Å². The van der Waals surface area contributed by atoms with Crippen molar-refractivity contribution in [3.63, 3.8) is 0 Å². The smallest absolute Gasteiger partial charge is 0.122 e. The van der Waals surface area contributed by atoms with Crippen LogP contribution in [-0.2, 0) is 9.53 Å². The van der Waals surface area contributed by atoms with Gasteiger partial charge >= 0.3 is 0 Å². The van der Waals surface area contributed by atoms with Gasteiger partial charge in [-0.3, -0.25) is 0 Å². The number of carbonyl (C=O) groups excluding carboxylic acids is 1. The lowest BCUT2D eigenvalue weighted by molar-refractivity contribution is -0.110. The molecule has 0 aromatic rings. The number of ether oxygens (including phenoxy) is 1. The largest absolute Gasteiger partial charge is 0.496 e. The number of rotatable bonds is 5. The SMILES string of the molecule is CC(C=O)CCCC(C)(C)O.CC1=COC(C)(C)CCC1. The lowest BCUT2D eigenvalue weighted by Gasteiger charge is -2.21. The van der Waals surface area contributed by atoms with Crippen LogP contribution in [0.1, 0.15) is 80.1 Å². The first-order valence-electron chi connectivity index (χ1n) is 8.07. The molecule has 0 radical (unpaired) electrons. The van der Waals surface area contributed by atoms with E-state index in [9.17, 15) is 9.90 Å². The summed E-state index contributed by atoms with van der Waals surface area (Å²) in [6, 6.07) is 0. The average molecular weight is 298 g/mol. The molecule has 0 amide bonds. The molecule has 3 heteroatoms. The predicted octanol–water partition coefficient (Wildman–Crippen LogP) is 4.63. The lowest BCUT2D eigenvalue weighted by Crippen LogP contribution is -2.20. The monoisotopic (exact) mass is 298 g/mol. The summed E-state index contributed by atoms with van der Waals surface area (Å²) in [7, 11) is 0. The third-order valence-corrected chi connectivity index (χ3v) is 3.61. The summed E-state index contributed by atoms with van der Waals surface area (Å²) < 4.78 is 5.54. The van der Waals surface area contributed by atoms with E-state index in [-0.39, 0.29) is 11.5 Å². The molecule has 0 aromatic carbocycles. The van der Waals surface area contributed by atoms with Crippen LogP contribution in [0.2, 0.25) is 0 Å². The van der Waals surface area contributed by atoms with Gasteiger partial charge in [-0.25, -0.2) is 0 Å². The minimum absolute atomic E-state index is 0.0672. The van der Waals surface area contributed by atoms with E-state index in [1.165, 1.54) is 24.8 Å². The second-order valence-electron chi connectivity index (χ2n) is 7.51. The van der Waals surface area contributed by atoms with Crippen LogP contribution in [0.15, 0.2) is 11.8 Å². The highest BCUT2D eigenvalue weighted by Crippen LogP contribution is 2.24. The second-order valence-corrected chi connectivity index (χ2v) is 7.51. The molecule has 3 nitrogen and oxygen atoms in total. The number of allylic oxidation sites excluding steroid dienone is 1. The first kappa shape index (κ1) is 20.2. The molecule has 124 valence electrons. The average Bonchev–Trinajstić information content (AvgIpc) is 2.50. The quantitative estimate of drug-likeness (QED) is 0.753. The Morgan fingerprint density at radius 2 is 2.10 bits per heavy atom. The van der Waals surface area contributed by atoms with Crippen LogP contribution >= 0.6 is 0 Å². The summed E-state index contributed by atoms with van der Waals surface area (Å²) >= 11 is 0. The van der Waals surface area contributed by atoms with Gasteiger partial charge < -0.3 is 14.6 Å². The predicted molar refractivity (Wildman–Crippen MR) is 88.1 cm³/mol. The molecule has 1 unspecified atom stereocenters. The Hall–Kier alpha value is -0.830. The molecular weight excluding hydrogens is 264 g/mol. The number of hydrogen-bond donors (Lipinski definition) is 1. The summed E-state index contributed by atoms with van der Waals surface area (Å²) in [5, 5.41) is 9.31. The molecule has 0 fully saturated rings. The number of carbonyl (C=O) groups is 1. The number of aldehydes is 1. The van der Waals surface area contributed by atoms with Crippen molar-refractivity contribution in [2.45, 2.75) is 91.3 Å². The Balaban J connectivity index is 0.000000382. The van der Waals surface area contributed by atoms with Gasteiger partial charge in [-0.2, -0.15) is 0 Å².